The number of pyridine rings is 1. The molecule has 7 nitrogen and oxygen atoms in total. The Bertz CT molecular complexity index is 750. The molecule has 0 atom stereocenters. The van der Waals surface area contributed by atoms with Gasteiger partial charge < -0.3 is 9.80 Å². The van der Waals surface area contributed by atoms with Gasteiger partial charge in [0.25, 0.3) is 0 Å². The van der Waals surface area contributed by atoms with Gasteiger partial charge in [-0.05, 0) is 37.8 Å². The van der Waals surface area contributed by atoms with Crippen molar-refractivity contribution < 1.29 is 13.2 Å². The van der Waals surface area contributed by atoms with Crippen LogP contribution in [0.15, 0.2) is 24.4 Å². The standard InChI is InChI=1S/C19H28N4O3S/c24-19(15-5-1-2-6-15)23-13-17(14-23)27(25,26)21-16-8-11-22(12-9-16)18-7-3-4-10-20-18/h3-4,7,10,15-17,21H,1-2,5-6,8-9,11-14H2. The minimum absolute atomic E-state index is 0.0328. The molecule has 0 aromatic carbocycles. The molecule has 3 aliphatic rings. The van der Waals surface area contributed by atoms with Gasteiger partial charge in [-0.15, -0.1) is 0 Å². The van der Waals surface area contributed by atoms with Crippen molar-refractivity contribution in [3.8, 4) is 0 Å². The second-order valence-corrected chi connectivity index (χ2v) is 9.95. The summed E-state index contributed by atoms with van der Waals surface area (Å²) in [5.41, 5.74) is 0. The lowest BCUT2D eigenvalue weighted by atomic mass is 10.0. The molecule has 1 aromatic heterocycles. The predicted octanol–water partition coefficient (Wildman–Crippen LogP) is 1.37. The van der Waals surface area contributed by atoms with E-state index < -0.39 is 15.3 Å². The molecule has 4 rings (SSSR count). The summed E-state index contributed by atoms with van der Waals surface area (Å²) in [5, 5.41) is -0.461. The summed E-state index contributed by atoms with van der Waals surface area (Å²) in [7, 11) is -3.37. The van der Waals surface area contributed by atoms with E-state index in [1.54, 1.807) is 11.1 Å². The van der Waals surface area contributed by atoms with E-state index in [1.165, 1.54) is 0 Å². The number of amides is 1. The summed E-state index contributed by atoms with van der Waals surface area (Å²) in [6, 6.07) is 5.81. The van der Waals surface area contributed by atoms with Crippen LogP contribution in [0.5, 0.6) is 0 Å². The lowest BCUT2D eigenvalue weighted by Crippen LogP contribution is -2.61. The zero-order chi connectivity index (χ0) is 18.9. The van der Waals surface area contributed by atoms with Gasteiger partial charge in [0.15, 0.2) is 0 Å². The molecular formula is C19H28N4O3S. The first kappa shape index (κ1) is 18.7. The van der Waals surface area contributed by atoms with Crippen molar-refractivity contribution in [3.05, 3.63) is 24.4 Å². The summed E-state index contributed by atoms with van der Waals surface area (Å²) in [6.45, 7) is 2.28. The molecule has 148 valence electrons. The van der Waals surface area contributed by atoms with Gasteiger partial charge in [-0.2, -0.15) is 0 Å². The quantitative estimate of drug-likeness (QED) is 0.818. The van der Waals surface area contributed by atoms with E-state index >= 15 is 0 Å². The average Bonchev–Trinajstić information content (AvgIpc) is 3.16. The number of hydrogen-bond donors (Lipinski definition) is 1. The van der Waals surface area contributed by atoms with Crippen LogP contribution >= 0.6 is 0 Å². The number of aromatic nitrogens is 1. The molecule has 3 heterocycles. The first-order valence-electron chi connectivity index (χ1n) is 9.99. The molecule has 0 unspecified atom stereocenters. The molecule has 27 heavy (non-hydrogen) atoms. The molecule has 2 saturated heterocycles. The molecule has 1 saturated carbocycles. The third-order valence-electron chi connectivity index (χ3n) is 6.10. The third kappa shape index (κ3) is 4.11. The number of likely N-dealkylation sites (tertiary alicyclic amines) is 1. The van der Waals surface area contributed by atoms with Crippen molar-refractivity contribution in [2.45, 2.75) is 49.8 Å². The van der Waals surface area contributed by atoms with E-state index in [-0.39, 0.29) is 17.9 Å². The Kier molecular flexibility index (Phi) is 5.36. The van der Waals surface area contributed by atoms with Crippen LogP contribution in [-0.4, -0.2) is 61.7 Å². The number of hydrogen-bond acceptors (Lipinski definition) is 5. The van der Waals surface area contributed by atoms with Crippen molar-refractivity contribution in [2.24, 2.45) is 5.92 Å². The minimum Gasteiger partial charge on any atom is -0.357 e. The summed E-state index contributed by atoms with van der Waals surface area (Å²) >= 11 is 0. The van der Waals surface area contributed by atoms with Crippen molar-refractivity contribution in [1.29, 1.82) is 0 Å². The molecule has 1 N–H and O–H groups in total. The highest BCUT2D eigenvalue weighted by molar-refractivity contribution is 7.90. The zero-order valence-electron chi connectivity index (χ0n) is 15.6. The second kappa shape index (κ2) is 7.75. The van der Waals surface area contributed by atoms with Gasteiger partial charge in [-0.25, -0.2) is 18.1 Å². The number of carbonyl (C=O) groups excluding carboxylic acids is 1. The number of nitrogens with zero attached hydrogens (tertiary/aromatic N) is 3. The van der Waals surface area contributed by atoms with Crippen LogP contribution in [0.1, 0.15) is 38.5 Å². The number of anilines is 1. The topological polar surface area (TPSA) is 82.6 Å². The molecule has 0 spiro atoms. The molecule has 2 aliphatic heterocycles. The highest BCUT2D eigenvalue weighted by atomic mass is 32.2. The van der Waals surface area contributed by atoms with Crippen molar-refractivity contribution in [1.82, 2.24) is 14.6 Å². The van der Waals surface area contributed by atoms with Crippen molar-refractivity contribution >= 4 is 21.7 Å². The van der Waals surface area contributed by atoms with Crippen LogP contribution in [0.3, 0.4) is 0 Å². The Labute approximate surface area is 161 Å². The van der Waals surface area contributed by atoms with Crippen LogP contribution in [0.4, 0.5) is 5.82 Å². The van der Waals surface area contributed by atoms with E-state index in [2.05, 4.69) is 14.6 Å². The van der Waals surface area contributed by atoms with Gasteiger partial charge >= 0.3 is 0 Å². The monoisotopic (exact) mass is 392 g/mol. The number of sulfonamides is 1. The lowest BCUT2D eigenvalue weighted by molar-refractivity contribution is -0.138. The van der Waals surface area contributed by atoms with Crippen molar-refractivity contribution in [3.63, 3.8) is 0 Å². The van der Waals surface area contributed by atoms with E-state index in [9.17, 15) is 13.2 Å². The largest absolute Gasteiger partial charge is 0.357 e. The highest BCUT2D eigenvalue weighted by Crippen LogP contribution is 2.29. The number of carbonyl (C=O) groups is 1. The van der Waals surface area contributed by atoms with Crippen molar-refractivity contribution in [2.75, 3.05) is 31.1 Å². The average molecular weight is 393 g/mol. The Morgan fingerprint density at radius 1 is 1.07 bits per heavy atom. The Morgan fingerprint density at radius 3 is 2.41 bits per heavy atom. The van der Waals surface area contributed by atoms with Gasteiger partial charge in [-0.3, -0.25) is 4.79 Å². The third-order valence-corrected chi connectivity index (χ3v) is 7.94. The Balaban J connectivity index is 1.24. The van der Waals surface area contributed by atoms with Crippen LogP contribution in [-0.2, 0) is 14.8 Å². The van der Waals surface area contributed by atoms with E-state index in [1.807, 2.05) is 18.2 Å². The van der Waals surface area contributed by atoms with Gasteiger partial charge in [0, 0.05) is 44.3 Å². The summed E-state index contributed by atoms with van der Waals surface area (Å²) in [4.78, 5) is 20.6. The summed E-state index contributed by atoms with van der Waals surface area (Å²) in [6.07, 6.45) is 7.47. The van der Waals surface area contributed by atoms with Gasteiger partial charge in [-0.1, -0.05) is 18.9 Å². The van der Waals surface area contributed by atoms with Crippen LogP contribution < -0.4 is 9.62 Å². The summed E-state index contributed by atoms with van der Waals surface area (Å²) in [5.74, 6) is 1.22. The number of piperidine rings is 1. The van der Waals surface area contributed by atoms with Crippen LogP contribution in [0.25, 0.3) is 0 Å². The maximum Gasteiger partial charge on any atom is 0.225 e. The van der Waals surface area contributed by atoms with Gasteiger partial charge in [0.2, 0.25) is 15.9 Å². The molecule has 3 fully saturated rings. The Morgan fingerprint density at radius 2 is 1.78 bits per heavy atom. The molecule has 8 heteroatoms. The van der Waals surface area contributed by atoms with E-state index in [0.717, 1.165) is 57.4 Å². The maximum absolute atomic E-state index is 12.6. The van der Waals surface area contributed by atoms with E-state index in [4.69, 9.17) is 0 Å². The Hall–Kier alpha value is -1.67. The second-order valence-electron chi connectivity index (χ2n) is 7.96. The fourth-order valence-corrected chi connectivity index (χ4v) is 5.99. The fourth-order valence-electron chi connectivity index (χ4n) is 4.34. The van der Waals surface area contributed by atoms with Crippen LogP contribution in [0, 0.1) is 5.92 Å². The first-order chi connectivity index (χ1) is 13.0. The van der Waals surface area contributed by atoms with Crippen LogP contribution in [0.2, 0.25) is 0 Å². The molecule has 0 bridgehead atoms. The molecule has 1 aromatic rings. The zero-order valence-corrected chi connectivity index (χ0v) is 16.4. The predicted molar refractivity (Wildman–Crippen MR) is 104 cm³/mol. The first-order valence-corrected chi connectivity index (χ1v) is 11.5. The minimum atomic E-state index is -3.37. The normalized spacial score (nSPS) is 22.8. The molecule has 0 radical (unpaired) electrons. The lowest BCUT2D eigenvalue weighted by Gasteiger charge is -2.41. The highest BCUT2D eigenvalue weighted by Gasteiger charge is 2.42. The molecule has 1 aliphatic carbocycles. The fraction of sp³-hybridized carbons (Fsp3) is 0.684. The molecular weight excluding hydrogens is 364 g/mol. The van der Waals surface area contributed by atoms with Gasteiger partial charge in [0.05, 0.1) is 0 Å². The number of nitrogens with one attached hydrogen (secondary N) is 1. The molecule has 1 amide bonds. The van der Waals surface area contributed by atoms with Gasteiger partial charge in [0.1, 0.15) is 11.1 Å². The SMILES string of the molecule is O=C(C1CCCC1)N1CC(S(=O)(=O)NC2CCN(c3ccccn3)CC2)C1. The number of rotatable bonds is 5. The maximum atomic E-state index is 12.6. The smallest absolute Gasteiger partial charge is 0.225 e. The summed E-state index contributed by atoms with van der Waals surface area (Å²) < 4.78 is 28.2. The van der Waals surface area contributed by atoms with E-state index in [0.29, 0.717) is 13.1 Å².